The van der Waals surface area contributed by atoms with E-state index in [9.17, 15) is 23.5 Å². The van der Waals surface area contributed by atoms with Crippen LogP contribution in [0.15, 0.2) is 42.5 Å². The zero-order chi connectivity index (χ0) is 19.6. The first-order valence-corrected chi connectivity index (χ1v) is 8.64. The highest BCUT2D eigenvalue weighted by molar-refractivity contribution is 5.88. The molecular weight excluding hydrogens is 354 g/mol. The van der Waals surface area contributed by atoms with Gasteiger partial charge >= 0.3 is 0 Å². The van der Waals surface area contributed by atoms with Crippen LogP contribution >= 0.6 is 0 Å². The molecule has 0 fully saturated rings. The van der Waals surface area contributed by atoms with E-state index in [4.69, 9.17) is 0 Å². The van der Waals surface area contributed by atoms with Crippen molar-refractivity contribution in [3.05, 3.63) is 70.8 Å². The lowest BCUT2D eigenvalue weighted by molar-refractivity contribution is -0.129. The van der Waals surface area contributed by atoms with Crippen LogP contribution in [0.2, 0.25) is 0 Å². The summed E-state index contributed by atoms with van der Waals surface area (Å²) in [4.78, 5) is 24.5. The number of amides is 2. The molecule has 0 aliphatic heterocycles. The number of fused-ring (bicyclic) bond motifs is 1. The fourth-order valence-corrected chi connectivity index (χ4v) is 3.28. The number of carbonyl (C=O) groups is 2. The Hall–Kier alpha value is -2.80. The van der Waals surface area contributed by atoms with E-state index in [-0.39, 0.29) is 12.0 Å². The van der Waals surface area contributed by atoms with E-state index in [1.54, 1.807) is 0 Å². The summed E-state index contributed by atoms with van der Waals surface area (Å²) in [5, 5.41) is 15.4. The maximum absolute atomic E-state index is 13.2. The first-order chi connectivity index (χ1) is 12.8. The van der Waals surface area contributed by atoms with Crippen molar-refractivity contribution in [2.75, 3.05) is 0 Å². The highest BCUT2D eigenvalue weighted by Gasteiger charge is 2.32. The minimum Gasteiger partial charge on any atom is -0.390 e. The molecule has 2 amide bonds. The van der Waals surface area contributed by atoms with Crippen molar-refractivity contribution in [1.82, 2.24) is 10.6 Å². The fourth-order valence-electron chi connectivity index (χ4n) is 3.28. The van der Waals surface area contributed by atoms with E-state index in [0.717, 1.165) is 29.3 Å². The molecule has 3 rings (SSSR count). The van der Waals surface area contributed by atoms with Crippen LogP contribution in [-0.2, 0) is 22.4 Å². The molecule has 1 aliphatic carbocycles. The van der Waals surface area contributed by atoms with Gasteiger partial charge in [-0.1, -0.05) is 24.3 Å². The van der Waals surface area contributed by atoms with Gasteiger partial charge in [-0.3, -0.25) is 9.59 Å². The number of halogens is 2. The third-order valence-electron chi connectivity index (χ3n) is 4.56. The predicted octanol–water partition coefficient (Wildman–Crippen LogP) is 1.79. The number of hydrogen-bond donors (Lipinski definition) is 3. The SMILES string of the molecule is C[C@H](NC(=O)Cc1cc(F)cc(F)c1)C(=O)NC1c2ccccc2C[C@H]1O. The van der Waals surface area contributed by atoms with Gasteiger partial charge in [0.25, 0.3) is 0 Å². The highest BCUT2D eigenvalue weighted by atomic mass is 19.1. The Morgan fingerprint density at radius 3 is 2.56 bits per heavy atom. The number of nitrogens with one attached hydrogen (secondary N) is 2. The first-order valence-electron chi connectivity index (χ1n) is 8.64. The topological polar surface area (TPSA) is 78.4 Å². The summed E-state index contributed by atoms with van der Waals surface area (Å²) in [6.07, 6.45) is -0.529. The lowest BCUT2D eigenvalue weighted by Gasteiger charge is -2.21. The summed E-state index contributed by atoms with van der Waals surface area (Å²) in [6.45, 7) is 1.51. The largest absolute Gasteiger partial charge is 0.390 e. The number of aliphatic hydroxyl groups is 1. The minimum atomic E-state index is -0.865. The molecule has 27 heavy (non-hydrogen) atoms. The van der Waals surface area contributed by atoms with Crippen LogP contribution in [0, 0.1) is 11.6 Å². The molecule has 0 heterocycles. The average Bonchev–Trinajstić information content (AvgIpc) is 2.89. The summed E-state index contributed by atoms with van der Waals surface area (Å²) in [6, 6.07) is 8.90. The van der Waals surface area contributed by atoms with E-state index in [0.29, 0.717) is 6.42 Å². The molecule has 3 N–H and O–H groups in total. The zero-order valence-corrected chi connectivity index (χ0v) is 14.7. The Labute approximate surface area is 155 Å². The molecule has 3 atom stereocenters. The van der Waals surface area contributed by atoms with Crippen LogP contribution in [-0.4, -0.2) is 29.1 Å². The third kappa shape index (κ3) is 4.49. The van der Waals surface area contributed by atoms with Crippen molar-refractivity contribution < 1.29 is 23.5 Å². The zero-order valence-electron chi connectivity index (χ0n) is 14.7. The molecule has 0 saturated carbocycles. The summed E-state index contributed by atoms with van der Waals surface area (Å²) in [7, 11) is 0. The van der Waals surface area contributed by atoms with Gasteiger partial charge in [0.2, 0.25) is 11.8 Å². The van der Waals surface area contributed by atoms with Gasteiger partial charge in [-0.05, 0) is 35.7 Å². The Bertz CT molecular complexity index is 852. The molecular formula is C20H20F2N2O3. The molecule has 0 saturated heterocycles. The standard InChI is InChI=1S/C20H20F2N2O3/c1-11(23-18(26)8-12-6-14(21)10-15(22)7-12)20(27)24-19-16-5-3-2-4-13(16)9-17(19)25/h2-7,10-11,17,19,25H,8-9H2,1H3,(H,23,26)(H,24,27)/t11-,17+,19?/m0/s1. The molecule has 0 bridgehead atoms. The molecule has 5 nitrogen and oxygen atoms in total. The molecule has 1 aliphatic rings. The summed E-state index contributed by atoms with van der Waals surface area (Å²) < 4.78 is 26.4. The van der Waals surface area contributed by atoms with Crippen LogP contribution in [0.1, 0.15) is 29.7 Å². The lowest BCUT2D eigenvalue weighted by atomic mass is 10.1. The Morgan fingerprint density at radius 1 is 1.19 bits per heavy atom. The summed E-state index contributed by atoms with van der Waals surface area (Å²) in [5.74, 6) is -2.51. The van der Waals surface area contributed by atoms with Gasteiger partial charge in [0.1, 0.15) is 17.7 Å². The smallest absolute Gasteiger partial charge is 0.242 e. The average molecular weight is 374 g/mol. The van der Waals surface area contributed by atoms with Crippen molar-refractivity contribution in [2.45, 2.75) is 38.0 Å². The van der Waals surface area contributed by atoms with Gasteiger partial charge in [0.05, 0.1) is 18.6 Å². The van der Waals surface area contributed by atoms with Gasteiger partial charge < -0.3 is 15.7 Å². The molecule has 0 aromatic heterocycles. The Kier molecular flexibility index (Phi) is 5.51. The maximum atomic E-state index is 13.2. The van der Waals surface area contributed by atoms with Gasteiger partial charge in [0.15, 0.2) is 0 Å². The highest BCUT2D eigenvalue weighted by Crippen LogP contribution is 2.31. The number of aliphatic hydroxyl groups excluding tert-OH is 1. The predicted molar refractivity (Wildman–Crippen MR) is 94.7 cm³/mol. The fraction of sp³-hybridized carbons (Fsp3) is 0.300. The van der Waals surface area contributed by atoms with Crippen LogP contribution in [0.5, 0.6) is 0 Å². The number of benzene rings is 2. The van der Waals surface area contributed by atoms with E-state index >= 15 is 0 Å². The second-order valence-corrected chi connectivity index (χ2v) is 6.70. The molecule has 7 heteroatoms. The molecule has 2 aromatic rings. The Morgan fingerprint density at radius 2 is 1.85 bits per heavy atom. The molecule has 2 aromatic carbocycles. The van der Waals surface area contributed by atoms with Crippen LogP contribution in [0.3, 0.4) is 0 Å². The van der Waals surface area contributed by atoms with Crippen LogP contribution < -0.4 is 10.6 Å². The third-order valence-corrected chi connectivity index (χ3v) is 4.56. The van der Waals surface area contributed by atoms with Gasteiger partial charge in [-0.2, -0.15) is 0 Å². The van der Waals surface area contributed by atoms with Crippen molar-refractivity contribution in [3.8, 4) is 0 Å². The van der Waals surface area contributed by atoms with E-state index < -0.39 is 41.6 Å². The molecule has 142 valence electrons. The minimum absolute atomic E-state index is 0.178. The monoisotopic (exact) mass is 374 g/mol. The quantitative estimate of drug-likeness (QED) is 0.747. The van der Waals surface area contributed by atoms with Gasteiger partial charge in [0, 0.05) is 12.5 Å². The Balaban J connectivity index is 1.58. The number of rotatable bonds is 5. The van der Waals surface area contributed by atoms with E-state index in [1.165, 1.54) is 6.92 Å². The lowest BCUT2D eigenvalue weighted by Crippen LogP contribution is -2.47. The van der Waals surface area contributed by atoms with Crippen LogP contribution in [0.4, 0.5) is 8.78 Å². The normalized spacial score (nSPS) is 19.3. The van der Waals surface area contributed by atoms with Crippen molar-refractivity contribution in [2.24, 2.45) is 0 Å². The van der Waals surface area contributed by atoms with Crippen LogP contribution in [0.25, 0.3) is 0 Å². The number of hydrogen-bond acceptors (Lipinski definition) is 3. The van der Waals surface area contributed by atoms with Gasteiger partial charge in [-0.15, -0.1) is 0 Å². The summed E-state index contributed by atoms with van der Waals surface area (Å²) >= 11 is 0. The second-order valence-electron chi connectivity index (χ2n) is 6.70. The summed E-state index contributed by atoms with van der Waals surface area (Å²) in [5.41, 5.74) is 2.00. The van der Waals surface area contributed by atoms with E-state index in [1.807, 2.05) is 24.3 Å². The molecule has 0 radical (unpaired) electrons. The maximum Gasteiger partial charge on any atom is 0.242 e. The second kappa shape index (κ2) is 7.84. The first kappa shape index (κ1) is 19.0. The van der Waals surface area contributed by atoms with E-state index in [2.05, 4.69) is 10.6 Å². The molecule has 0 spiro atoms. The number of carbonyl (C=O) groups excluding carboxylic acids is 2. The van der Waals surface area contributed by atoms with Gasteiger partial charge in [-0.25, -0.2) is 8.78 Å². The van der Waals surface area contributed by atoms with Crippen molar-refractivity contribution >= 4 is 11.8 Å². The van der Waals surface area contributed by atoms with Crippen molar-refractivity contribution in [3.63, 3.8) is 0 Å². The molecule has 1 unspecified atom stereocenters. The van der Waals surface area contributed by atoms with Crippen molar-refractivity contribution in [1.29, 1.82) is 0 Å².